The van der Waals surface area contributed by atoms with Gasteiger partial charge in [0, 0.05) is 31.7 Å². The summed E-state index contributed by atoms with van der Waals surface area (Å²) in [6.07, 6.45) is 1.11. The average molecular weight is 571 g/mol. The first-order chi connectivity index (χ1) is 19.5. The van der Waals surface area contributed by atoms with Gasteiger partial charge in [0.15, 0.2) is 5.52 Å². The van der Waals surface area contributed by atoms with E-state index in [1.807, 2.05) is 12.3 Å². The van der Waals surface area contributed by atoms with E-state index in [0.29, 0.717) is 23.7 Å². The molecule has 2 unspecified atom stereocenters. The van der Waals surface area contributed by atoms with Gasteiger partial charge in [-0.25, -0.2) is 19.3 Å². The zero-order valence-corrected chi connectivity index (χ0v) is 22.3. The number of anilines is 1. The molecule has 0 radical (unpaired) electrons. The molecule has 14 heteroatoms. The predicted molar refractivity (Wildman–Crippen MR) is 141 cm³/mol. The Hall–Kier alpha value is -4.12. The van der Waals surface area contributed by atoms with Crippen LogP contribution >= 0.6 is 0 Å². The summed E-state index contributed by atoms with van der Waals surface area (Å²) in [6, 6.07) is 5.81. The van der Waals surface area contributed by atoms with Gasteiger partial charge in [0.2, 0.25) is 11.8 Å². The predicted octanol–water partition coefficient (Wildman–Crippen LogP) is 3.63. The van der Waals surface area contributed by atoms with E-state index in [0.717, 1.165) is 26.0 Å². The van der Waals surface area contributed by atoms with Crippen LogP contribution in [0.3, 0.4) is 0 Å². The molecule has 3 aromatic rings. The van der Waals surface area contributed by atoms with Gasteiger partial charge in [-0.2, -0.15) is 23.5 Å². The van der Waals surface area contributed by atoms with Crippen molar-refractivity contribution in [3.05, 3.63) is 45.8 Å². The Bertz CT molecular complexity index is 1640. The summed E-state index contributed by atoms with van der Waals surface area (Å²) in [5.41, 5.74) is -2.37. The summed E-state index contributed by atoms with van der Waals surface area (Å²) in [6.45, 7) is 2.79. The van der Waals surface area contributed by atoms with Gasteiger partial charge in [-0.1, -0.05) is 12.8 Å². The van der Waals surface area contributed by atoms with E-state index in [-0.39, 0.29) is 46.5 Å². The molecule has 214 valence electrons. The lowest BCUT2D eigenvalue weighted by atomic mass is 10.1. The normalized spacial score (nSPS) is 21.6. The number of halogens is 4. The molecule has 4 heterocycles. The van der Waals surface area contributed by atoms with Gasteiger partial charge >= 0.3 is 6.18 Å². The highest BCUT2D eigenvalue weighted by Gasteiger charge is 2.40. The van der Waals surface area contributed by atoms with Gasteiger partial charge in [-0.3, -0.25) is 14.4 Å². The number of hydrazone groups is 1. The molecular formula is C27H26F4N8O2. The second-order valence-electron chi connectivity index (χ2n) is 10.6. The number of nitriles is 1. The fourth-order valence-corrected chi connectivity index (χ4v) is 5.67. The quantitative estimate of drug-likeness (QED) is 0.428. The Morgan fingerprint density at radius 2 is 1.83 bits per heavy atom. The smallest absolute Gasteiger partial charge is 0.363 e. The molecule has 2 atom stereocenters. The third-order valence-corrected chi connectivity index (χ3v) is 7.94. The largest absolute Gasteiger partial charge is 0.449 e. The van der Waals surface area contributed by atoms with E-state index in [1.54, 1.807) is 4.90 Å². The zero-order chi connectivity index (χ0) is 29.1. The molecule has 2 fully saturated rings. The summed E-state index contributed by atoms with van der Waals surface area (Å²) in [4.78, 5) is 27.1. The number of nitrogens with zero attached hydrogens (tertiary/aromatic N) is 8. The molecule has 10 nitrogen and oxygen atoms in total. The number of aromatic nitrogens is 4. The maximum Gasteiger partial charge on any atom is 0.449 e. The molecule has 1 saturated heterocycles. The highest BCUT2D eigenvalue weighted by Crippen LogP contribution is 2.34. The van der Waals surface area contributed by atoms with Crippen LogP contribution in [0, 0.1) is 17.1 Å². The number of ether oxygens (including phenoxy) is 1. The van der Waals surface area contributed by atoms with Crippen LogP contribution in [0.5, 0.6) is 0 Å². The molecule has 1 aliphatic carbocycles. The molecule has 1 aromatic carbocycles. The minimum Gasteiger partial charge on any atom is -0.363 e. The number of hydrogen-bond donors (Lipinski definition) is 0. The molecule has 2 aromatic heterocycles. The molecule has 3 aliphatic rings. The van der Waals surface area contributed by atoms with E-state index in [9.17, 15) is 18.0 Å². The van der Waals surface area contributed by atoms with Crippen LogP contribution in [0.15, 0.2) is 28.1 Å². The van der Waals surface area contributed by atoms with Crippen molar-refractivity contribution in [2.45, 2.75) is 63.1 Å². The van der Waals surface area contributed by atoms with Crippen LogP contribution in [-0.4, -0.2) is 68.1 Å². The summed E-state index contributed by atoms with van der Waals surface area (Å²) >= 11 is 0. The number of hydrogen-bond acceptors (Lipinski definition) is 9. The molecule has 0 spiro atoms. The van der Waals surface area contributed by atoms with Crippen molar-refractivity contribution in [3.8, 4) is 17.3 Å². The second-order valence-corrected chi connectivity index (χ2v) is 10.6. The van der Waals surface area contributed by atoms with Crippen molar-refractivity contribution in [1.82, 2.24) is 24.5 Å². The molecule has 1 saturated carbocycles. The van der Waals surface area contributed by atoms with Gasteiger partial charge in [0.25, 0.3) is 5.56 Å². The van der Waals surface area contributed by atoms with E-state index in [1.165, 1.54) is 25.0 Å². The Morgan fingerprint density at radius 1 is 1.10 bits per heavy atom. The van der Waals surface area contributed by atoms with Crippen LogP contribution in [0.4, 0.5) is 23.5 Å². The standard InChI is InChI=1S/C27H26F4N8O2/c1-14-20(11-33-39(14)16-5-3-4-6-16)41-17-12-38(13-17)26-35-21(18-8-7-15(10-32)9-19(18)28)22-23(36-26)24(40)37(2)25(34-22)27(29,30)31/h7-9,11,14,16-17,20H,3-6,12-13H2,1-2H3. The van der Waals surface area contributed by atoms with Crippen molar-refractivity contribution in [2.75, 3.05) is 18.0 Å². The lowest BCUT2D eigenvalue weighted by Gasteiger charge is -2.41. The minimum atomic E-state index is -4.95. The number of fused-ring (bicyclic) bond motifs is 1. The molecule has 0 amide bonds. The maximum atomic E-state index is 15.1. The van der Waals surface area contributed by atoms with Crippen LogP contribution in [0.1, 0.15) is 44.0 Å². The number of rotatable bonds is 5. The van der Waals surface area contributed by atoms with Crippen molar-refractivity contribution in [2.24, 2.45) is 12.1 Å². The Morgan fingerprint density at radius 3 is 2.49 bits per heavy atom. The Kier molecular flexibility index (Phi) is 6.64. The van der Waals surface area contributed by atoms with Crippen molar-refractivity contribution in [1.29, 1.82) is 5.26 Å². The molecular weight excluding hydrogens is 544 g/mol. The van der Waals surface area contributed by atoms with Gasteiger partial charge in [0.05, 0.1) is 30.0 Å². The first-order valence-electron chi connectivity index (χ1n) is 13.3. The summed E-state index contributed by atoms with van der Waals surface area (Å²) < 4.78 is 62.7. The van der Waals surface area contributed by atoms with Crippen LogP contribution in [0.25, 0.3) is 22.3 Å². The molecule has 0 bridgehead atoms. The fraction of sp³-hybridized carbons (Fsp3) is 0.481. The number of benzene rings is 1. The van der Waals surface area contributed by atoms with Gasteiger partial charge in [-0.05, 0) is 38.0 Å². The highest BCUT2D eigenvalue weighted by molar-refractivity contribution is 5.90. The minimum absolute atomic E-state index is 0.0172. The summed E-state index contributed by atoms with van der Waals surface area (Å²) in [5.74, 6) is -2.31. The number of alkyl halides is 3. The lowest BCUT2D eigenvalue weighted by molar-refractivity contribution is -0.147. The molecule has 2 aliphatic heterocycles. The second kappa shape index (κ2) is 10.1. The third-order valence-electron chi connectivity index (χ3n) is 7.94. The molecule has 41 heavy (non-hydrogen) atoms. The highest BCUT2D eigenvalue weighted by atomic mass is 19.4. The zero-order valence-electron chi connectivity index (χ0n) is 22.3. The van der Waals surface area contributed by atoms with E-state index < -0.39 is 28.9 Å². The van der Waals surface area contributed by atoms with Crippen molar-refractivity contribution >= 4 is 23.2 Å². The lowest BCUT2D eigenvalue weighted by Crippen LogP contribution is -2.55. The Labute approximate surface area is 231 Å². The summed E-state index contributed by atoms with van der Waals surface area (Å²) in [7, 11) is 0.952. The monoisotopic (exact) mass is 570 g/mol. The topological polar surface area (TPSA) is 113 Å². The fourth-order valence-electron chi connectivity index (χ4n) is 5.67. The van der Waals surface area contributed by atoms with Crippen LogP contribution in [0.2, 0.25) is 0 Å². The van der Waals surface area contributed by atoms with E-state index >= 15 is 4.39 Å². The van der Waals surface area contributed by atoms with Crippen LogP contribution in [-0.2, 0) is 18.0 Å². The van der Waals surface area contributed by atoms with Gasteiger partial charge in [-0.15, -0.1) is 0 Å². The third kappa shape index (κ3) is 4.77. The van der Waals surface area contributed by atoms with Crippen LogP contribution < -0.4 is 10.5 Å². The SMILES string of the molecule is CC1C(OC2CN(c3nc(-c4ccc(C#N)cc4F)c4nc(C(F)(F)F)n(C)c(=O)c4n3)C2)C=NN1C1CCCC1. The Balaban J connectivity index is 1.31. The van der Waals surface area contributed by atoms with E-state index in [2.05, 4.69) is 32.0 Å². The van der Waals surface area contributed by atoms with Gasteiger partial charge in [0.1, 0.15) is 23.1 Å². The average Bonchev–Trinajstić information content (AvgIpc) is 3.56. The van der Waals surface area contributed by atoms with Crippen molar-refractivity contribution < 1.29 is 22.3 Å². The van der Waals surface area contributed by atoms with E-state index in [4.69, 9.17) is 10.00 Å². The maximum absolute atomic E-state index is 15.1. The first kappa shape index (κ1) is 27.1. The van der Waals surface area contributed by atoms with Gasteiger partial charge < -0.3 is 9.64 Å². The summed E-state index contributed by atoms with van der Waals surface area (Å²) in [5, 5.41) is 15.8. The molecule has 0 N–H and O–H groups in total. The molecule has 6 rings (SSSR count). The van der Waals surface area contributed by atoms with Crippen molar-refractivity contribution in [3.63, 3.8) is 0 Å². The first-order valence-corrected chi connectivity index (χ1v) is 13.3.